The Morgan fingerprint density at radius 2 is 0.729 bits per heavy atom. The SMILES string of the molecule is C#Cc1ccc(-c2cccc(-c3ccc(C#C)c(C#C)c3)c2-c2cccc(-c3ccc4c(c3)c3cc(-c5ccc(N(c6ccc(-c7ccccc7)cc6)c6ccc7c(c6)C(C)(C)c6ccccc6-7)cc5)ccc3n4-c3ccccc3)c2)cc1C#C. The summed E-state index contributed by atoms with van der Waals surface area (Å²) >= 11 is 0. The van der Waals surface area contributed by atoms with Crippen molar-refractivity contribution in [2.45, 2.75) is 19.3 Å². The van der Waals surface area contributed by atoms with Gasteiger partial charge in [0.1, 0.15) is 0 Å². The number of aromatic nitrogens is 1. The van der Waals surface area contributed by atoms with Crippen LogP contribution in [0.4, 0.5) is 17.1 Å². The van der Waals surface area contributed by atoms with Crippen molar-refractivity contribution < 1.29 is 0 Å². The Kier molecular flexibility index (Phi) is 12.8. The molecule has 13 aromatic rings. The van der Waals surface area contributed by atoms with E-state index in [0.29, 0.717) is 22.3 Å². The van der Waals surface area contributed by atoms with Gasteiger partial charge in [0.15, 0.2) is 0 Å². The van der Waals surface area contributed by atoms with Crippen LogP contribution >= 0.6 is 0 Å². The first-order chi connectivity index (χ1) is 41.7. The summed E-state index contributed by atoms with van der Waals surface area (Å²) in [6.45, 7) is 4.69. The minimum atomic E-state index is -0.145. The van der Waals surface area contributed by atoms with Crippen molar-refractivity contribution in [3.8, 4) is 133 Å². The molecule has 0 radical (unpaired) electrons. The highest BCUT2D eigenvalue weighted by Gasteiger charge is 2.36. The van der Waals surface area contributed by atoms with Gasteiger partial charge in [-0.1, -0.05) is 201 Å². The number of para-hydroxylation sites is 1. The molecule has 1 aliphatic carbocycles. The zero-order chi connectivity index (χ0) is 57.8. The molecular formula is C83H54N2. The van der Waals surface area contributed by atoms with Gasteiger partial charge in [-0.15, -0.1) is 25.7 Å². The van der Waals surface area contributed by atoms with Crippen LogP contribution in [0.25, 0.3) is 105 Å². The van der Waals surface area contributed by atoms with E-state index in [2.05, 4.69) is 278 Å². The molecule has 85 heavy (non-hydrogen) atoms. The van der Waals surface area contributed by atoms with Crippen LogP contribution in [0.2, 0.25) is 0 Å². The van der Waals surface area contributed by atoms with Crippen LogP contribution in [0.5, 0.6) is 0 Å². The largest absolute Gasteiger partial charge is 0.310 e. The number of benzene rings is 12. The van der Waals surface area contributed by atoms with Crippen LogP contribution in [-0.2, 0) is 5.41 Å². The van der Waals surface area contributed by atoms with Crippen molar-refractivity contribution >= 4 is 38.9 Å². The van der Waals surface area contributed by atoms with Gasteiger partial charge >= 0.3 is 0 Å². The first-order valence-electron chi connectivity index (χ1n) is 28.5. The highest BCUT2D eigenvalue weighted by Crippen LogP contribution is 2.51. The molecule has 1 heterocycles. The van der Waals surface area contributed by atoms with Crippen molar-refractivity contribution in [3.05, 3.63) is 300 Å². The van der Waals surface area contributed by atoms with Crippen molar-refractivity contribution in [2.75, 3.05) is 4.90 Å². The molecule has 0 saturated carbocycles. The minimum Gasteiger partial charge on any atom is -0.310 e. The Hall–Kier alpha value is -11.5. The molecule has 0 aliphatic heterocycles. The lowest BCUT2D eigenvalue weighted by Gasteiger charge is -2.28. The Morgan fingerprint density at radius 1 is 0.306 bits per heavy atom. The first-order valence-corrected chi connectivity index (χ1v) is 28.5. The Balaban J connectivity index is 0.879. The number of nitrogens with zero attached hydrogens (tertiary/aromatic N) is 2. The third-order valence-electron chi connectivity index (χ3n) is 17.1. The number of hydrogen-bond donors (Lipinski definition) is 0. The van der Waals surface area contributed by atoms with Crippen LogP contribution < -0.4 is 4.90 Å². The molecule has 1 aliphatic rings. The molecule has 0 unspecified atom stereocenters. The molecular weight excluding hydrogens is 1020 g/mol. The molecule has 0 saturated heterocycles. The molecule has 2 heteroatoms. The summed E-state index contributed by atoms with van der Waals surface area (Å²) in [5, 5.41) is 2.31. The van der Waals surface area contributed by atoms with Crippen LogP contribution in [0.3, 0.4) is 0 Å². The van der Waals surface area contributed by atoms with E-state index in [1.165, 1.54) is 33.4 Å². The average Bonchev–Trinajstić information content (AvgIpc) is 1.91. The second-order valence-corrected chi connectivity index (χ2v) is 22.2. The molecule has 2 nitrogen and oxygen atoms in total. The monoisotopic (exact) mass is 1080 g/mol. The lowest BCUT2D eigenvalue weighted by atomic mass is 9.82. The van der Waals surface area contributed by atoms with Gasteiger partial charge in [0, 0.05) is 61.2 Å². The summed E-state index contributed by atoms with van der Waals surface area (Å²) in [4.78, 5) is 2.39. The standard InChI is InChI=1S/C83H54N2/c1-7-55-31-33-65(49-57(55)9-3)72-28-20-29-73(66-34-32-56(8-2)58(10-4)50-66)82(72)67-24-19-23-62(51-67)64-40-48-81-77(53-64)76-52-63(39-47-80(76)85(81)68-25-15-12-16-26-68)61-37-43-70(44-38-61)84(69-41-35-60(36-42-69)59-21-13-11-14-22-59)71-45-46-75-74-27-17-18-30-78(74)83(5,6)79(75)54-71/h1-4,11-54H,5-6H3. The maximum atomic E-state index is 6.05. The molecule has 0 bridgehead atoms. The third-order valence-corrected chi connectivity index (χ3v) is 17.1. The van der Waals surface area contributed by atoms with Crippen LogP contribution in [0.1, 0.15) is 47.2 Å². The Labute approximate surface area is 498 Å². The van der Waals surface area contributed by atoms with E-state index in [0.717, 1.165) is 100 Å². The fourth-order valence-electron chi connectivity index (χ4n) is 12.9. The van der Waals surface area contributed by atoms with Gasteiger partial charge < -0.3 is 9.47 Å². The average molecular weight is 1080 g/mol. The summed E-state index contributed by atoms with van der Waals surface area (Å²) in [5.74, 6) is 11.1. The van der Waals surface area contributed by atoms with Crippen molar-refractivity contribution in [1.29, 1.82) is 0 Å². The molecule has 14 rings (SSSR count). The quantitative estimate of drug-likeness (QED) is 0.124. The normalized spacial score (nSPS) is 11.9. The maximum Gasteiger partial charge on any atom is 0.0541 e. The molecule has 12 aromatic carbocycles. The summed E-state index contributed by atoms with van der Waals surface area (Å²) in [7, 11) is 0. The molecule has 1 aromatic heterocycles. The van der Waals surface area contributed by atoms with Crippen LogP contribution in [-0.4, -0.2) is 4.57 Å². The fraction of sp³-hybridized carbons (Fsp3) is 0.0361. The number of fused-ring (bicyclic) bond motifs is 6. The Bertz CT molecular complexity index is 4890. The second-order valence-electron chi connectivity index (χ2n) is 22.2. The van der Waals surface area contributed by atoms with E-state index >= 15 is 0 Å². The molecule has 0 spiro atoms. The van der Waals surface area contributed by atoms with Crippen LogP contribution in [0.15, 0.2) is 267 Å². The summed E-state index contributed by atoms with van der Waals surface area (Å²) in [6.07, 6.45) is 23.9. The molecule has 0 atom stereocenters. The summed E-state index contributed by atoms with van der Waals surface area (Å²) < 4.78 is 2.38. The summed E-state index contributed by atoms with van der Waals surface area (Å²) in [6, 6.07) is 95.9. The van der Waals surface area contributed by atoms with Gasteiger partial charge in [-0.2, -0.15) is 0 Å². The first kappa shape index (κ1) is 51.6. The summed E-state index contributed by atoms with van der Waals surface area (Å²) in [5.41, 5.74) is 27.2. The fourth-order valence-corrected chi connectivity index (χ4v) is 12.9. The predicted molar refractivity (Wildman–Crippen MR) is 357 cm³/mol. The van der Waals surface area contributed by atoms with E-state index in [1.54, 1.807) is 0 Å². The lowest BCUT2D eigenvalue weighted by Crippen LogP contribution is -2.16. The number of anilines is 3. The van der Waals surface area contributed by atoms with E-state index < -0.39 is 0 Å². The van der Waals surface area contributed by atoms with E-state index in [1.807, 2.05) is 36.4 Å². The molecule has 396 valence electrons. The van der Waals surface area contributed by atoms with E-state index in [4.69, 9.17) is 25.7 Å². The van der Waals surface area contributed by atoms with E-state index in [9.17, 15) is 0 Å². The van der Waals surface area contributed by atoms with Gasteiger partial charge in [-0.3, -0.25) is 0 Å². The second kappa shape index (κ2) is 21.1. The van der Waals surface area contributed by atoms with Gasteiger partial charge in [0.05, 0.1) is 11.0 Å². The number of hydrogen-bond acceptors (Lipinski definition) is 1. The topological polar surface area (TPSA) is 8.17 Å². The zero-order valence-corrected chi connectivity index (χ0v) is 47.1. The predicted octanol–water partition coefficient (Wildman–Crippen LogP) is 20.5. The van der Waals surface area contributed by atoms with Crippen molar-refractivity contribution in [2.24, 2.45) is 0 Å². The Morgan fingerprint density at radius 3 is 1.32 bits per heavy atom. The maximum absolute atomic E-state index is 6.05. The van der Waals surface area contributed by atoms with Gasteiger partial charge in [0.25, 0.3) is 0 Å². The molecule has 0 amide bonds. The number of rotatable bonds is 10. The van der Waals surface area contributed by atoms with Crippen molar-refractivity contribution in [3.63, 3.8) is 0 Å². The van der Waals surface area contributed by atoms with Crippen molar-refractivity contribution in [1.82, 2.24) is 4.57 Å². The third kappa shape index (κ3) is 8.96. The smallest absolute Gasteiger partial charge is 0.0541 e. The minimum absolute atomic E-state index is 0.145. The molecule has 0 N–H and O–H groups in total. The van der Waals surface area contributed by atoms with E-state index in [-0.39, 0.29) is 5.41 Å². The number of terminal acetylenes is 4. The van der Waals surface area contributed by atoms with Crippen LogP contribution in [0, 0.1) is 49.4 Å². The lowest BCUT2D eigenvalue weighted by molar-refractivity contribution is 0.660. The molecule has 0 fully saturated rings. The zero-order valence-electron chi connectivity index (χ0n) is 47.1. The highest BCUT2D eigenvalue weighted by molar-refractivity contribution is 6.12. The van der Waals surface area contributed by atoms with Gasteiger partial charge in [-0.25, -0.2) is 0 Å². The van der Waals surface area contributed by atoms with Gasteiger partial charge in [-0.05, 0) is 192 Å². The highest BCUT2D eigenvalue weighted by atomic mass is 15.1. The van der Waals surface area contributed by atoms with Gasteiger partial charge in [0.2, 0.25) is 0 Å².